The number of hydrogen-bond acceptors (Lipinski definition) is 6. The van der Waals surface area contributed by atoms with Gasteiger partial charge >= 0.3 is 0 Å². The monoisotopic (exact) mass is 556 g/mol. The fourth-order valence-corrected chi connectivity index (χ4v) is 7.44. The molecule has 0 radical (unpaired) electrons. The molecule has 42 heavy (non-hydrogen) atoms. The van der Waals surface area contributed by atoms with E-state index in [1.54, 1.807) is 24.3 Å². The summed E-state index contributed by atoms with van der Waals surface area (Å²) in [6.45, 7) is 0. The first-order valence-electron chi connectivity index (χ1n) is 14.2. The van der Waals surface area contributed by atoms with Crippen LogP contribution < -0.4 is 20.0 Å². The first-order valence-corrected chi connectivity index (χ1v) is 14.2. The SMILES string of the molecule is CN(C)c1c2ccccc2c(C2C([O-])C(c3c4ccccc4c(N(C)C)c4cccc(O)c34)C2[O-])c2c(O)cccc12. The van der Waals surface area contributed by atoms with Gasteiger partial charge in [0.25, 0.3) is 0 Å². The van der Waals surface area contributed by atoms with E-state index >= 15 is 0 Å². The third kappa shape index (κ3) is 3.52. The zero-order chi connectivity index (χ0) is 29.4. The maximum Gasteiger partial charge on any atom is 0.123 e. The highest BCUT2D eigenvalue weighted by atomic mass is 16.3. The summed E-state index contributed by atoms with van der Waals surface area (Å²) in [5, 5.41) is 57.6. The third-order valence-electron chi connectivity index (χ3n) is 9.06. The van der Waals surface area contributed by atoms with E-state index in [9.17, 15) is 20.4 Å². The van der Waals surface area contributed by atoms with E-state index in [-0.39, 0.29) is 11.5 Å². The van der Waals surface area contributed by atoms with Crippen LogP contribution in [0, 0.1) is 0 Å². The van der Waals surface area contributed by atoms with Gasteiger partial charge < -0.3 is 30.2 Å². The van der Waals surface area contributed by atoms with Gasteiger partial charge in [-0.1, -0.05) is 72.8 Å². The molecule has 6 aromatic carbocycles. The van der Waals surface area contributed by atoms with Crippen LogP contribution in [0.2, 0.25) is 0 Å². The van der Waals surface area contributed by atoms with Gasteiger partial charge in [0.05, 0.1) is 11.4 Å². The highest BCUT2D eigenvalue weighted by Gasteiger charge is 2.42. The number of benzene rings is 6. The van der Waals surface area contributed by atoms with Gasteiger partial charge in [-0.2, -0.15) is 0 Å². The number of phenolic OH excluding ortho intramolecular Hbond substituents is 2. The molecule has 1 saturated carbocycles. The number of aromatic hydroxyl groups is 2. The lowest BCUT2D eigenvalue weighted by Gasteiger charge is -2.62. The Bertz CT molecular complexity index is 1880. The van der Waals surface area contributed by atoms with Crippen molar-refractivity contribution in [2.75, 3.05) is 38.0 Å². The average molecular weight is 557 g/mol. The minimum absolute atomic E-state index is 0.0584. The Hall–Kier alpha value is -4.52. The zero-order valence-electron chi connectivity index (χ0n) is 24.0. The van der Waals surface area contributed by atoms with E-state index in [1.165, 1.54) is 0 Å². The lowest BCUT2D eigenvalue weighted by molar-refractivity contribution is -0.535. The number of anilines is 2. The quantitative estimate of drug-likeness (QED) is 0.291. The van der Waals surface area contributed by atoms with Gasteiger partial charge in [0, 0.05) is 60.5 Å². The predicted molar refractivity (Wildman–Crippen MR) is 168 cm³/mol. The molecular formula is C36H32N2O4-2. The smallest absolute Gasteiger partial charge is 0.123 e. The molecule has 0 unspecified atom stereocenters. The van der Waals surface area contributed by atoms with Gasteiger partial charge in [-0.25, -0.2) is 0 Å². The van der Waals surface area contributed by atoms with Crippen LogP contribution in [0.15, 0.2) is 84.9 Å². The van der Waals surface area contributed by atoms with Crippen molar-refractivity contribution in [3.05, 3.63) is 96.1 Å². The van der Waals surface area contributed by atoms with Crippen LogP contribution >= 0.6 is 0 Å². The highest BCUT2D eigenvalue weighted by molar-refractivity contribution is 6.17. The molecule has 6 nitrogen and oxygen atoms in total. The highest BCUT2D eigenvalue weighted by Crippen LogP contribution is 2.56. The molecule has 7 rings (SSSR count). The summed E-state index contributed by atoms with van der Waals surface area (Å²) < 4.78 is 0. The molecule has 0 atom stereocenters. The van der Waals surface area contributed by atoms with Crippen molar-refractivity contribution in [3.63, 3.8) is 0 Å². The van der Waals surface area contributed by atoms with Crippen molar-refractivity contribution in [3.8, 4) is 11.5 Å². The van der Waals surface area contributed by atoms with Crippen LogP contribution in [-0.2, 0) is 0 Å². The molecule has 1 aliphatic carbocycles. The van der Waals surface area contributed by atoms with Crippen molar-refractivity contribution in [1.29, 1.82) is 0 Å². The normalized spacial score (nSPS) is 20.3. The lowest BCUT2D eigenvalue weighted by atomic mass is 9.60. The Kier molecular flexibility index (Phi) is 5.98. The van der Waals surface area contributed by atoms with E-state index in [1.807, 2.05) is 98.7 Å². The van der Waals surface area contributed by atoms with Crippen molar-refractivity contribution >= 4 is 54.5 Å². The van der Waals surface area contributed by atoms with Gasteiger partial charge in [0.15, 0.2) is 0 Å². The number of rotatable bonds is 4. The summed E-state index contributed by atoms with van der Waals surface area (Å²) in [5.74, 6) is -1.63. The van der Waals surface area contributed by atoms with Gasteiger partial charge in [0.2, 0.25) is 0 Å². The molecular weight excluding hydrogens is 524 g/mol. The fraction of sp³-hybridized carbons (Fsp3) is 0.222. The first kappa shape index (κ1) is 26.4. The van der Waals surface area contributed by atoms with Crippen LogP contribution in [0.5, 0.6) is 11.5 Å². The summed E-state index contributed by atoms with van der Waals surface area (Å²) in [6, 6.07) is 26.3. The molecule has 0 aliphatic heterocycles. The van der Waals surface area contributed by atoms with Crippen LogP contribution in [0.25, 0.3) is 43.1 Å². The number of nitrogens with zero attached hydrogens (tertiary/aromatic N) is 2. The molecule has 0 saturated heterocycles. The largest absolute Gasteiger partial charge is 0.851 e. The van der Waals surface area contributed by atoms with E-state index in [0.717, 1.165) is 43.7 Å². The van der Waals surface area contributed by atoms with E-state index < -0.39 is 24.0 Å². The lowest BCUT2D eigenvalue weighted by Crippen LogP contribution is -2.63. The Morgan fingerprint density at radius 3 is 1.17 bits per heavy atom. The van der Waals surface area contributed by atoms with Gasteiger partial charge in [0.1, 0.15) is 11.5 Å². The van der Waals surface area contributed by atoms with Crippen LogP contribution in [0.3, 0.4) is 0 Å². The van der Waals surface area contributed by atoms with Crippen LogP contribution in [0.4, 0.5) is 11.4 Å². The van der Waals surface area contributed by atoms with Crippen molar-refractivity contribution in [2.24, 2.45) is 0 Å². The number of fused-ring (bicyclic) bond motifs is 4. The summed E-state index contributed by atoms with van der Waals surface area (Å²) in [6.07, 6.45) is -2.55. The van der Waals surface area contributed by atoms with E-state index in [2.05, 4.69) is 0 Å². The maximum atomic E-state index is 14.5. The molecule has 2 N–H and O–H groups in total. The molecule has 0 aromatic heterocycles. The second-order valence-corrected chi connectivity index (χ2v) is 11.8. The molecule has 1 fully saturated rings. The summed E-state index contributed by atoms with van der Waals surface area (Å²) in [4.78, 5) is 4.02. The standard InChI is InChI=1S/C36H32N2O4/c1-37(2)33-21-13-7-5-11-19(21)29(27-23(33)15-9-17-25(27)39)31-35(41)32(36(31)42)30-20-12-6-8-14-22(20)34(38(3)4)24-16-10-18-26(40)28(24)30/h5-18,31-32,35-36,39-40H,1-4H3/q-2. The molecule has 0 heterocycles. The van der Waals surface area contributed by atoms with Gasteiger partial charge in [-0.05, 0) is 45.9 Å². The zero-order valence-corrected chi connectivity index (χ0v) is 24.0. The minimum Gasteiger partial charge on any atom is -0.851 e. The molecule has 6 heteroatoms. The summed E-state index contributed by atoms with van der Waals surface area (Å²) in [5.41, 5.74) is 3.09. The fourth-order valence-electron chi connectivity index (χ4n) is 7.44. The minimum atomic E-state index is -1.28. The van der Waals surface area contributed by atoms with Gasteiger partial charge in [-0.3, -0.25) is 0 Å². The number of phenols is 2. The molecule has 0 spiro atoms. The maximum absolute atomic E-state index is 14.5. The number of hydrogen-bond donors (Lipinski definition) is 2. The predicted octanol–water partition coefficient (Wildman–Crippen LogP) is 5.18. The van der Waals surface area contributed by atoms with E-state index in [4.69, 9.17) is 0 Å². The Morgan fingerprint density at radius 2 is 0.810 bits per heavy atom. The molecule has 0 amide bonds. The molecule has 1 aliphatic rings. The molecule has 6 aromatic rings. The molecule has 0 bridgehead atoms. The van der Waals surface area contributed by atoms with Crippen LogP contribution in [0.1, 0.15) is 23.0 Å². The topological polar surface area (TPSA) is 93.1 Å². The Labute approximate surface area is 244 Å². The van der Waals surface area contributed by atoms with E-state index in [0.29, 0.717) is 21.9 Å². The van der Waals surface area contributed by atoms with Crippen molar-refractivity contribution in [1.82, 2.24) is 0 Å². The molecule has 212 valence electrons. The van der Waals surface area contributed by atoms with Crippen LogP contribution in [-0.4, -0.2) is 50.6 Å². The summed E-state index contributed by atoms with van der Waals surface area (Å²) >= 11 is 0. The summed E-state index contributed by atoms with van der Waals surface area (Å²) in [7, 11) is 7.82. The Morgan fingerprint density at radius 1 is 0.476 bits per heavy atom. The van der Waals surface area contributed by atoms with Crippen molar-refractivity contribution in [2.45, 2.75) is 24.0 Å². The Balaban J connectivity index is 1.51. The van der Waals surface area contributed by atoms with Gasteiger partial charge in [-0.15, -0.1) is 12.2 Å². The first-order chi connectivity index (χ1) is 20.2. The second kappa shape index (κ2) is 9.51. The van der Waals surface area contributed by atoms with Crippen molar-refractivity contribution < 1.29 is 20.4 Å². The second-order valence-electron chi connectivity index (χ2n) is 11.8. The third-order valence-corrected chi connectivity index (χ3v) is 9.06. The average Bonchev–Trinajstić information content (AvgIpc) is 2.96.